The number of hydrogen-bond donors (Lipinski definition) is 2. The number of carbonyl (C=O) groups is 2. The van der Waals surface area contributed by atoms with E-state index < -0.39 is 35.9 Å². The lowest BCUT2D eigenvalue weighted by Crippen LogP contribution is -2.58. The van der Waals surface area contributed by atoms with Crippen LogP contribution in [-0.4, -0.2) is 64.9 Å². The highest BCUT2D eigenvalue weighted by molar-refractivity contribution is 6.45. The number of hydrogen-bond acceptors (Lipinski definition) is 6. The second-order valence-electron chi connectivity index (χ2n) is 8.87. The van der Waals surface area contributed by atoms with Crippen molar-refractivity contribution < 1.29 is 24.0 Å². The van der Waals surface area contributed by atoms with Gasteiger partial charge in [-0.15, -0.1) is 12.4 Å². The molecule has 0 aromatic rings. The maximum absolute atomic E-state index is 12.4. The zero-order valence-electron chi connectivity index (χ0n) is 17.6. The minimum Gasteiger partial charge on any atom is -0.481 e. The van der Waals surface area contributed by atoms with Crippen LogP contribution in [0.15, 0.2) is 5.11 Å². The third-order valence-corrected chi connectivity index (χ3v) is 6.01. The minimum atomic E-state index is -1.70. The second-order valence-corrected chi connectivity index (χ2v) is 8.87. The summed E-state index contributed by atoms with van der Waals surface area (Å²) < 4.78 is 12.0. The number of piperidine rings is 1. The normalized spacial score (nSPS) is 28.8. The Kier molecular flexibility index (Phi) is 8.01. The van der Waals surface area contributed by atoms with Crippen LogP contribution < -0.4 is 5.73 Å². The topological polar surface area (TPSA) is 151 Å². The van der Waals surface area contributed by atoms with Gasteiger partial charge in [-0.3, -0.25) is 9.59 Å². The molecule has 0 aromatic heterocycles. The van der Waals surface area contributed by atoms with E-state index >= 15 is 0 Å². The Morgan fingerprint density at radius 3 is 2.34 bits per heavy atom. The number of nitrogens with zero attached hydrogens (tertiary/aromatic N) is 4. The summed E-state index contributed by atoms with van der Waals surface area (Å²) in [5.74, 6) is -1.79. The number of aliphatic carboxylic acids is 1. The molecule has 0 saturated carbocycles. The molecule has 0 spiro atoms. The van der Waals surface area contributed by atoms with Crippen molar-refractivity contribution in [3.8, 4) is 0 Å². The molecule has 10 nitrogen and oxygen atoms in total. The maximum atomic E-state index is 12.4. The lowest BCUT2D eigenvalue weighted by Gasteiger charge is -2.42. The highest BCUT2D eigenvalue weighted by Crippen LogP contribution is 2.39. The van der Waals surface area contributed by atoms with Crippen LogP contribution in [0.3, 0.4) is 0 Å². The monoisotopic (exact) mass is 431 g/mol. The number of amides is 1. The fraction of sp³-hybridized carbons (Fsp3) is 0.882. The van der Waals surface area contributed by atoms with Gasteiger partial charge in [-0.2, -0.15) is 0 Å². The van der Waals surface area contributed by atoms with Crippen molar-refractivity contribution in [3.05, 3.63) is 10.4 Å². The molecule has 29 heavy (non-hydrogen) atoms. The van der Waals surface area contributed by atoms with Crippen LogP contribution in [0.1, 0.15) is 47.5 Å². The highest BCUT2D eigenvalue weighted by atomic mass is 35.5. The van der Waals surface area contributed by atoms with Gasteiger partial charge in [0.05, 0.1) is 17.2 Å². The van der Waals surface area contributed by atoms with E-state index in [1.807, 2.05) is 27.7 Å². The first-order chi connectivity index (χ1) is 12.8. The van der Waals surface area contributed by atoms with Crippen LogP contribution in [0.25, 0.3) is 10.4 Å². The Labute approximate surface area is 177 Å². The molecule has 164 valence electrons. The van der Waals surface area contributed by atoms with Gasteiger partial charge in [0.2, 0.25) is 5.91 Å². The molecule has 1 amide bonds. The van der Waals surface area contributed by atoms with Crippen molar-refractivity contribution in [2.45, 2.75) is 76.6 Å². The quantitative estimate of drug-likeness (QED) is 0.285. The Hall–Kier alpha value is -1.52. The van der Waals surface area contributed by atoms with E-state index in [9.17, 15) is 14.7 Å². The van der Waals surface area contributed by atoms with Gasteiger partial charge in [0.15, 0.2) is 5.54 Å². The van der Waals surface area contributed by atoms with Gasteiger partial charge in [-0.05, 0) is 58.8 Å². The number of halogens is 1. The Balaban J connectivity index is 0.00000420. The van der Waals surface area contributed by atoms with Crippen LogP contribution in [-0.2, 0) is 18.9 Å². The Morgan fingerprint density at radius 1 is 1.34 bits per heavy atom. The summed E-state index contributed by atoms with van der Waals surface area (Å²) in [6, 6.07) is -0.764. The predicted octanol–water partition coefficient (Wildman–Crippen LogP) is 2.22. The van der Waals surface area contributed by atoms with Crippen molar-refractivity contribution >= 4 is 31.4 Å². The first-order valence-corrected chi connectivity index (χ1v) is 9.53. The summed E-state index contributed by atoms with van der Waals surface area (Å²) in [7, 11) is -0.414. The number of carboxylic acids is 1. The van der Waals surface area contributed by atoms with Crippen molar-refractivity contribution in [3.63, 3.8) is 0 Å². The number of rotatable bonds is 6. The van der Waals surface area contributed by atoms with E-state index in [0.29, 0.717) is 19.3 Å². The number of carbonyl (C=O) groups excluding carboxylic acids is 1. The van der Waals surface area contributed by atoms with E-state index in [2.05, 4.69) is 10.0 Å². The van der Waals surface area contributed by atoms with Gasteiger partial charge in [0.1, 0.15) is 0 Å². The third-order valence-electron chi connectivity index (χ3n) is 6.01. The molecular weight excluding hydrogens is 400 g/mol. The lowest BCUT2D eigenvalue weighted by atomic mass is 9.74. The predicted molar refractivity (Wildman–Crippen MR) is 111 cm³/mol. The van der Waals surface area contributed by atoms with Crippen LogP contribution in [0.2, 0.25) is 6.32 Å². The zero-order chi connectivity index (χ0) is 21.3. The van der Waals surface area contributed by atoms with Gasteiger partial charge in [0.25, 0.3) is 0 Å². The molecule has 0 aliphatic carbocycles. The van der Waals surface area contributed by atoms with E-state index in [0.717, 1.165) is 0 Å². The lowest BCUT2D eigenvalue weighted by molar-refractivity contribution is -0.149. The van der Waals surface area contributed by atoms with Crippen LogP contribution in [0.4, 0.5) is 0 Å². The number of likely N-dealkylation sites (tertiary alicyclic amines) is 1. The van der Waals surface area contributed by atoms with Gasteiger partial charge in [0, 0.05) is 18.0 Å². The minimum absolute atomic E-state index is 0. The SMILES string of the molecule is CC(N)C(=O)N1C[C@H](CCB2OC(C)(C)C(C)(C)O2)C[C@](N=[N+]=[N-])(C(=O)O)C1.Cl. The average Bonchev–Trinajstić information content (AvgIpc) is 2.79. The number of azide groups is 1. The molecule has 2 rings (SSSR count). The molecule has 2 heterocycles. The molecule has 1 unspecified atom stereocenters. The van der Waals surface area contributed by atoms with E-state index in [4.69, 9.17) is 20.6 Å². The van der Waals surface area contributed by atoms with Crippen molar-refractivity contribution in [1.29, 1.82) is 0 Å². The molecule has 3 atom stereocenters. The summed E-state index contributed by atoms with van der Waals surface area (Å²) in [4.78, 5) is 28.4. The molecular formula is C17H31BClN5O5. The number of nitrogens with two attached hydrogens (primary N) is 1. The molecule has 2 saturated heterocycles. The van der Waals surface area contributed by atoms with Gasteiger partial charge in [-0.25, -0.2) is 0 Å². The maximum Gasteiger partial charge on any atom is 0.457 e. The first kappa shape index (κ1) is 25.5. The molecule has 2 aliphatic rings. The molecule has 3 N–H and O–H groups in total. The van der Waals surface area contributed by atoms with E-state index in [1.54, 1.807) is 6.92 Å². The van der Waals surface area contributed by atoms with E-state index in [1.165, 1.54) is 4.90 Å². The molecule has 0 radical (unpaired) electrons. The highest BCUT2D eigenvalue weighted by Gasteiger charge is 2.52. The van der Waals surface area contributed by atoms with Crippen molar-refractivity contribution in [2.75, 3.05) is 13.1 Å². The van der Waals surface area contributed by atoms with Crippen LogP contribution in [0, 0.1) is 5.92 Å². The third kappa shape index (κ3) is 5.35. The summed E-state index contributed by atoms with van der Waals surface area (Å²) in [5.41, 5.74) is 12.0. The molecule has 12 heteroatoms. The largest absolute Gasteiger partial charge is 0.481 e. The summed E-state index contributed by atoms with van der Waals surface area (Å²) in [6.07, 6.45) is 1.26. The Morgan fingerprint density at radius 2 is 1.90 bits per heavy atom. The average molecular weight is 432 g/mol. The fourth-order valence-corrected chi connectivity index (χ4v) is 3.76. The fourth-order valence-electron chi connectivity index (χ4n) is 3.76. The molecule has 0 aromatic carbocycles. The molecule has 2 fully saturated rings. The first-order valence-electron chi connectivity index (χ1n) is 9.53. The molecule has 0 bridgehead atoms. The Bertz CT molecular complexity index is 665. The summed E-state index contributed by atoms with van der Waals surface area (Å²) in [5, 5.41) is 13.3. The van der Waals surface area contributed by atoms with Crippen molar-refractivity contribution in [2.24, 2.45) is 16.8 Å². The number of carboxylic acid groups (broad SMARTS) is 1. The van der Waals surface area contributed by atoms with Crippen molar-refractivity contribution in [1.82, 2.24) is 4.90 Å². The van der Waals surface area contributed by atoms with Gasteiger partial charge >= 0.3 is 13.1 Å². The summed E-state index contributed by atoms with van der Waals surface area (Å²) in [6.45, 7) is 9.59. The van der Waals surface area contributed by atoms with Crippen LogP contribution in [0.5, 0.6) is 0 Å². The standard InChI is InChI=1S/C17H30BN5O5.ClH/c1-11(19)13(24)23-9-12(8-17(10-23,14(25)26)21-22-20)6-7-18-27-15(2,3)16(4,5)28-18;/h11-12H,6-10,19H2,1-5H3,(H,25,26);1H/t11?,12-,17-;/m1./s1. The van der Waals surface area contributed by atoms with E-state index in [-0.39, 0.29) is 37.2 Å². The second kappa shape index (κ2) is 9.10. The molecule has 2 aliphatic heterocycles. The zero-order valence-corrected chi connectivity index (χ0v) is 18.4. The van der Waals surface area contributed by atoms with Gasteiger partial charge in [-0.1, -0.05) is 11.5 Å². The van der Waals surface area contributed by atoms with Gasteiger partial charge < -0.3 is 25.0 Å². The van der Waals surface area contributed by atoms with Crippen LogP contribution >= 0.6 is 12.4 Å². The summed E-state index contributed by atoms with van der Waals surface area (Å²) >= 11 is 0. The smallest absolute Gasteiger partial charge is 0.457 e.